The highest BCUT2D eigenvalue weighted by Crippen LogP contribution is 2.32. The number of piperidine rings is 1. The standard InChI is InChI=1S/C20H28N4O4/c1-19(2,3)28-18(26)23-9-7-20(8-10-23)14-24(16(13-25)22-20)12-15-5-6-17(27-4)21-11-15/h5-6,11,22H,7-10,12,14H2,1-4H3. The van der Waals surface area contributed by atoms with E-state index in [1.54, 1.807) is 24.3 Å². The largest absolute Gasteiger partial charge is 0.481 e. The lowest BCUT2D eigenvalue weighted by Gasteiger charge is -2.39. The van der Waals surface area contributed by atoms with Gasteiger partial charge in [-0.05, 0) is 39.2 Å². The number of nitrogens with one attached hydrogen (secondary N) is 1. The van der Waals surface area contributed by atoms with Gasteiger partial charge in [0.05, 0.1) is 12.6 Å². The van der Waals surface area contributed by atoms with Crippen LogP contribution in [-0.4, -0.2) is 64.7 Å². The second-order valence-corrected chi connectivity index (χ2v) is 8.39. The molecule has 1 aromatic rings. The Kier molecular flexibility index (Phi) is 5.52. The van der Waals surface area contributed by atoms with Crippen LogP contribution >= 0.6 is 0 Å². The molecule has 8 nitrogen and oxygen atoms in total. The van der Waals surface area contributed by atoms with Crippen LogP contribution in [0.1, 0.15) is 39.2 Å². The Morgan fingerprint density at radius 1 is 1.32 bits per heavy atom. The van der Waals surface area contributed by atoms with Crippen molar-refractivity contribution in [2.75, 3.05) is 26.7 Å². The molecule has 3 rings (SSSR count). The molecule has 0 radical (unpaired) electrons. The average molecular weight is 388 g/mol. The molecule has 0 atom stereocenters. The third-order valence-electron chi connectivity index (χ3n) is 5.04. The molecule has 0 aliphatic carbocycles. The van der Waals surface area contributed by atoms with E-state index in [9.17, 15) is 9.59 Å². The maximum atomic E-state index is 12.3. The number of amides is 1. The van der Waals surface area contributed by atoms with E-state index in [2.05, 4.69) is 10.3 Å². The predicted octanol–water partition coefficient (Wildman–Crippen LogP) is 1.94. The zero-order valence-electron chi connectivity index (χ0n) is 16.9. The fourth-order valence-corrected chi connectivity index (χ4v) is 3.61. The number of nitrogens with zero attached hydrogens (tertiary/aromatic N) is 3. The Morgan fingerprint density at radius 3 is 2.57 bits per heavy atom. The summed E-state index contributed by atoms with van der Waals surface area (Å²) in [5, 5.41) is 3.35. The van der Waals surface area contributed by atoms with Crippen molar-refractivity contribution in [1.82, 2.24) is 20.1 Å². The third-order valence-corrected chi connectivity index (χ3v) is 5.04. The first-order valence-corrected chi connectivity index (χ1v) is 9.49. The van der Waals surface area contributed by atoms with Crippen molar-refractivity contribution in [1.29, 1.82) is 0 Å². The van der Waals surface area contributed by atoms with E-state index >= 15 is 0 Å². The number of pyridine rings is 1. The van der Waals surface area contributed by atoms with Crippen LogP contribution in [0.4, 0.5) is 4.79 Å². The lowest BCUT2D eigenvalue weighted by molar-refractivity contribution is 0.0160. The van der Waals surface area contributed by atoms with Crippen molar-refractivity contribution in [2.45, 2.75) is 51.3 Å². The van der Waals surface area contributed by atoms with Crippen LogP contribution in [0.25, 0.3) is 0 Å². The molecule has 2 fully saturated rings. The van der Waals surface area contributed by atoms with E-state index in [0.29, 0.717) is 37.9 Å². The van der Waals surface area contributed by atoms with Gasteiger partial charge in [-0.1, -0.05) is 6.07 Å². The topological polar surface area (TPSA) is 84.0 Å². The molecule has 3 heterocycles. The van der Waals surface area contributed by atoms with E-state index in [0.717, 1.165) is 18.4 Å². The molecule has 2 saturated heterocycles. The van der Waals surface area contributed by atoms with Crippen molar-refractivity contribution in [2.24, 2.45) is 0 Å². The molecule has 1 aromatic heterocycles. The Hall–Kier alpha value is -2.73. The molecule has 0 aromatic carbocycles. The highest BCUT2D eigenvalue weighted by molar-refractivity contribution is 5.68. The zero-order chi connectivity index (χ0) is 20.4. The summed E-state index contributed by atoms with van der Waals surface area (Å²) >= 11 is 0. The maximum absolute atomic E-state index is 12.3. The van der Waals surface area contributed by atoms with E-state index in [4.69, 9.17) is 9.47 Å². The van der Waals surface area contributed by atoms with Gasteiger partial charge in [0.2, 0.25) is 5.88 Å². The van der Waals surface area contributed by atoms with E-state index in [1.165, 1.54) is 0 Å². The van der Waals surface area contributed by atoms with E-state index < -0.39 is 5.60 Å². The van der Waals surface area contributed by atoms with Gasteiger partial charge in [-0.15, -0.1) is 0 Å². The highest BCUT2D eigenvalue weighted by Gasteiger charge is 2.44. The first kappa shape index (κ1) is 20.0. The minimum absolute atomic E-state index is 0.231. The summed E-state index contributed by atoms with van der Waals surface area (Å²) < 4.78 is 10.5. The van der Waals surface area contributed by atoms with Gasteiger partial charge in [0.25, 0.3) is 0 Å². The lowest BCUT2D eigenvalue weighted by Crippen LogP contribution is -2.53. The van der Waals surface area contributed by atoms with Crippen LogP contribution in [-0.2, 0) is 16.1 Å². The highest BCUT2D eigenvalue weighted by atomic mass is 16.6. The van der Waals surface area contributed by atoms with Gasteiger partial charge >= 0.3 is 6.09 Å². The van der Waals surface area contributed by atoms with Crippen molar-refractivity contribution in [3.63, 3.8) is 0 Å². The molecule has 0 bridgehead atoms. The molecule has 8 heteroatoms. The first-order valence-electron chi connectivity index (χ1n) is 9.49. The molecule has 2 aliphatic heterocycles. The number of aromatic nitrogens is 1. The molecule has 0 unspecified atom stereocenters. The zero-order valence-corrected chi connectivity index (χ0v) is 16.9. The fraction of sp³-hybridized carbons (Fsp3) is 0.600. The number of carbonyl (C=O) groups excluding carboxylic acids is 2. The Morgan fingerprint density at radius 2 is 2.04 bits per heavy atom. The minimum Gasteiger partial charge on any atom is -0.481 e. The van der Waals surface area contributed by atoms with E-state index in [-0.39, 0.29) is 11.6 Å². The van der Waals surface area contributed by atoms with Crippen LogP contribution in [0, 0.1) is 0 Å². The predicted molar refractivity (Wildman–Crippen MR) is 103 cm³/mol. The monoisotopic (exact) mass is 388 g/mol. The van der Waals surface area contributed by atoms with Gasteiger partial charge in [-0.2, -0.15) is 0 Å². The quantitative estimate of drug-likeness (QED) is 0.792. The number of methoxy groups -OCH3 is 1. The number of likely N-dealkylation sites (tertiary alicyclic amines) is 1. The van der Waals surface area contributed by atoms with Crippen LogP contribution < -0.4 is 10.1 Å². The lowest BCUT2D eigenvalue weighted by atomic mass is 9.88. The SMILES string of the molecule is COc1ccc(CN2CC3(CCN(C(=O)OC(C)(C)C)CC3)NC2=C=O)cn1. The van der Waals surface area contributed by atoms with Gasteiger partial charge in [-0.3, -0.25) is 0 Å². The van der Waals surface area contributed by atoms with E-state index in [1.807, 2.05) is 37.7 Å². The van der Waals surface area contributed by atoms with Crippen molar-refractivity contribution in [3.8, 4) is 5.88 Å². The number of carbonyl (C=O) groups is 1. The number of hydrogen-bond acceptors (Lipinski definition) is 7. The van der Waals surface area contributed by atoms with Crippen molar-refractivity contribution in [3.05, 3.63) is 29.7 Å². The van der Waals surface area contributed by atoms with Crippen molar-refractivity contribution >= 4 is 12.0 Å². The normalized spacial score (nSPS) is 18.6. The van der Waals surface area contributed by atoms with Gasteiger partial charge in [0.15, 0.2) is 11.8 Å². The number of hydrogen-bond donors (Lipinski definition) is 1. The van der Waals surface area contributed by atoms with Crippen LogP contribution in [0.2, 0.25) is 0 Å². The van der Waals surface area contributed by atoms with Gasteiger partial charge in [0, 0.05) is 38.4 Å². The van der Waals surface area contributed by atoms with Crippen LogP contribution in [0.15, 0.2) is 24.2 Å². The van der Waals surface area contributed by atoms with Gasteiger partial charge in [0.1, 0.15) is 5.60 Å². The maximum Gasteiger partial charge on any atom is 0.410 e. The summed E-state index contributed by atoms with van der Waals surface area (Å²) in [7, 11) is 1.58. The van der Waals surface area contributed by atoms with Gasteiger partial charge < -0.3 is 24.6 Å². The van der Waals surface area contributed by atoms with Crippen LogP contribution in [0.5, 0.6) is 5.88 Å². The average Bonchev–Trinajstić information content (AvgIpc) is 2.98. The minimum atomic E-state index is -0.506. The first-order chi connectivity index (χ1) is 13.2. The molecule has 1 amide bonds. The van der Waals surface area contributed by atoms with Gasteiger partial charge in [-0.25, -0.2) is 14.6 Å². The summed E-state index contributed by atoms with van der Waals surface area (Å²) in [5.74, 6) is 3.04. The summed E-state index contributed by atoms with van der Waals surface area (Å²) in [6.45, 7) is 8.02. The molecular formula is C20H28N4O4. The molecule has 1 spiro atoms. The molecule has 152 valence electrons. The summed E-state index contributed by atoms with van der Waals surface area (Å²) in [6, 6.07) is 3.74. The number of ether oxygens (including phenoxy) is 2. The molecule has 28 heavy (non-hydrogen) atoms. The third kappa shape index (κ3) is 4.57. The molecule has 0 saturated carbocycles. The second-order valence-electron chi connectivity index (χ2n) is 8.39. The Labute approximate surface area is 165 Å². The molecular weight excluding hydrogens is 360 g/mol. The second kappa shape index (κ2) is 7.72. The summed E-state index contributed by atoms with van der Waals surface area (Å²) in [6.07, 6.45) is 2.95. The summed E-state index contributed by atoms with van der Waals surface area (Å²) in [4.78, 5) is 31.7. The van der Waals surface area contributed by atoms with Crippen molar-refractivity contribution < 1.29 is 19.1 Å². The Bertz CT molecular complexity index is 757. The fourth-order valence-electron chi connectivity index (χ4n) is 3.61. The summed E-state index contributed by atoms with van der Waals surface area (Å²) in [5.41, 5.74) is 0.248. The van der Waals surface area contributed by atoms with Crippen LogP contribution in [0.3, 0.4) is 0 Å². The molecule has 2 aliphatic rings. The smallest absolute Gasteiger partial charge is 0.410 e. The Balaban J connectivity index is 1.62. The molecule has 1 N–H and O–H groups in total. The number of rotatable bonds is 3.